The highest BCUT2D eigenvalue weighted by molar-refractivity contribution is 7.99. The number of carbonyl (C=O) groups is 1. The fourth-order valence-corrected chi connectivity index (χ4v) is 5.87. The molecule has 0 atom stereocenters. The van der Waals surface area contributed by atoms with Crippen LogP contribution in [0, 0.1) is 13.8 Å². The number of thioether (sulfide) groups is 1. The Labute approximate surface area is 164 Å². The second kappa shape index (κ2) is 8.39. The summed E-state index contributed by atoms with van der Waals surface area (Å²) < 4.78 is 25.4. The summed E-state index contributed by atoms with van der Waals surface area (Å²) in [6, 6.07) is 8.38. The fraction of sp³-hybridized carbons (Fsp3) is 0.421. The van der Waals surface area contributed by atoms with E-state index in [9.17, 15) is 13.2 Å². The smallest absolute Gasteiger partial charge is 0.234 e. The molecule has 1 amide bonds. The first-order valence-corrected chi connectivity index (χ1v) is 11.5. The minimum absolute atomic E-state index is 0.155. The molecule has 0 radical (unpaired) electrons. The molecule has 0 aliphatic heterocycles. The van der Waals surface area contributed by atoms with E-state index in [4.69, 9.17) is 0 Å². The molecule has 6 nitrogen and oxygen atoms in total. The van der Waals surface area contributed by atoms with Crippen molar-refractivity contribution in [2.45, 2.75) is 54.8 Å². The third kappa shape index (κ3) is 5.07. The standard InChI is InChI=1S/C19H23N3O3S2/c1-13-10-14(2)21-19(20-13)26-12-18(23)22-15-6-5-9-17(11-15)27(24,25)16-7-3-4-8-16/h5-6,9-11,16H,3-4,7-8,12H2,1-2H3,(H,22,23). The Bertz CT molecular complexity index is 919. The summed E-state index contributed by atoms with van der Waals surface area (Å²) in [4.78, 5) is 21.1. The number of aromatic nitrogens is 2. The normalized spacial score (nSPS) is 15.0. The fourth-order valence-electron chi connectivity index (χ4n) is 3.23. The maximum atomic E-state index is 12.7. The van der Waals surface area contributed by atoms with E-state index in [-0.39, 0.29) is 21.8 Å². The number of benzene rings is 1. The molecule has 8 heteroatoms. The molecule has 0 spiro atoms. The van der Waals surface area contributed by atoms with Crippen molar-refractivity contribution < 1.29 is 13.2 Å². The molecule has 1 N–H and O–H groups in total. The molecule has 1 aliphatic rings. The highest BCUT2D eigenvalue weighted by Crippen LogP contribution is 2.30. The van der Waals surface area contributed by atoms with Crippen LogP contribution in [0.15, 0.2) is 40.4 Å². The number of amides is 1. The minimum atomic E-state index is -3.34. The summed E-state index contributed by atoms with van der Waals surface area (Å²) in [5.74, 6) is -0.0687. The highest BCUT2D eigenvalue weighted by Gasteiger charge is 2.30. The zero-order valence-electron chi connectivity index (χ0n) is 15.4. The summed E-state index contributed by atoms with van der Waals surface area (Å²) in [7, 11) is -3.34. The number of nitrogens with zero attached hydrogens (tertiary/aromatic N) is 2. The van der Waals surface area contributed by atoms with E-state index in [2.05, 4.69) is 15.3 Å². The van der Waals surface area contributed by atoms with Gasteiger partial charge in [0.05, 0.1) is 15.9 Å². The van der Waals surface area contributed by atoms with Crippen LogP contribution < -0.4 is 5.32 Å². The van der Waals surface area contributed by atoms with Gasteiger partial charge in [0.15, 0.2) is 15.0 Å². The first-order valence-electron chi connectivity index (χ1n) is 8.93. The van der Waals surface area contributed by atoms with Crippen LogP contribution in [0.3, 0.4) is 0 Å². The molecule has 0 unspecified atom stereocenters. The quantitative estimate of drug-likeness (QED) is 0.584. The lowest BCUT2D eigenvalue weighted by Gasteiger charge is -2.12. The number of carbonyl (C=O) groups excluding carboxylic acids is 1. The van der Waals surface area contributed by atoms with E-state index in [1.807, 2.05) is 19.9 Å². The third-order valence-electron chi connectivity index (χ3n) is 4.48. The molecule has 0 saturated heterocycles. The molecule has 1 saturated carbocycles. The van der Waals surface area contributed by atoms with E-state index in [1.54, 1.807) is 24.3 Å². The van der Waals surface area contributed by atoms with Gasteiger partial charge in [0, 0.05) is 17.1 Å². The molecule has 27 heavy (non-hydrogen) atoms. The van der Waals surface area contributed by atoms with Crippen LogP contribution in [0.5, 0.6) is 0 Å². The Morgan fingerprint density at radius 2 is 1.81 bits per heavy atom. The molecule has 1 aromatic carbocycles. The summed E-state index contributed by atoms with van der Waals surface area (Å²) in [6.45, 7) is 3.77. The molecule has 1 aliphatic carbocycles. The van der Waals surface area contributed by atoms with Gasteiger partial charge in [-0.2, -0.15) is 0 Å². The molecular weight excluding hydrogens is 382 g/mol. The van der Waals surface area contributed by atoms with Crippen LogP contribution in [0.2, 0.25) is 0 Å². The number of nitrogens with one attached hydrogen (secondary N) is 1. The van der Waals surface area contributed by atoms with Crippen molar-refractivity contribution in [1.82, 2.24) is 9.97 Å². The van der Waals surface area contributed by atoms with Crippen LogP contribution >= 0.6 is 11.8 Å². The summed E-state index contributed by atoms with van der Waals surface area (Å²) in [6.07, 6.45) is 3.34. The molecule has 144 valence electrons. The van der Waals surface area contributed by atoms with E-state index in [0.29, 0.717) is 23.7 Å². The van der Waals surface area contributed by atoms with Crippen molar-refractivity contribution in [3.8, 4) is 0 Å². The first kappa shape index (κ1) is 19.8. The van der Waals surface area contributed by atoms with Gasteiger partial charge in [0.25, 0.3) is 0 Å². The van der Waals surface area contributed by atoms with Gasteiger partial charge in [-0.05, 0) is 51.0 Å². The highest BCUT2D eigenvalue weighted by atomic mass is 32.2. The maximum absolute atomic E-state index is 12.7. The maximum Gasteiger partial charge on any atom is 0.234 e. The second-order valence-corrected chi connectivity index (χ2v) is 9.92. The van der Waals surface area contributed by atoms with Crippen LogP contribution in [-0.4, -0.2) is 35.3 Å². The molecule has 0 bridgehead atoms. The summed E-state index contributed by atoms with van der Waals surface area (Å²) >= 11 is 1.25. The lowest BCUT2D eigenvalue weighted by molar-refractivity contribution is -0.113. The topological polar surface area (TPSA) is 89.0 Å². The largest absolute Gasteiger partial charge is 0.325 e. The SMILES string of the molecule is Cc1cc(C)nc(SCC(=O)Nc2cccc(S(=O)(=O)C3CCCC3)c2)n1. The van der Waals surface area contributed by atoms with Crippen molar-refractivity contribution in [3.05, 3.63) is 41.7 Å². The van der Waals surface area contributed by atoms with Gasteiger partial charge in [0.1, 0.15) is 0 Å². The summed E-state index contributed by atoms with van der Waals surface area (Å²) in [5.41, 5.74) is 2.20. The number of sulfone groups is 1. The van der Waals surface area contributed by atoms with Crippen LogP contribution in [0.25, 0.3) is 0 Å². The molecule has 1 fully saturated rings. The van der Waals surface area contributed by atoms with Gasteiger partial charge < -0.3 is 5.32 Å². The lowest BCUT2D eigenvalue weighted by atomic mass is 10.3. The van der Waals surface area contributed by atoms with Crippen molar-refractivity contribution in [2.75, 3.05) is 11.1 Å². The van der Waals surface area contributed by atoms with Gasteiger partial charge in [-0.1, -0.05) is 30.7 Å². The zero-order valence-corrected chi connectivity index (χ0v) is 17.1. The van der Waals surface area contributed by atoms with Crippen LogP contribution in [0.4, 0.5) is 5.69 Å². The number of hydrogen-bond acceptors (Lipinski definition) is 6. The third-order valence-corrected chi connectivity index (χ3v) is 7.59. The first-order chi connectivity index (χ1) is 12.8. The molecule has 1 heterocycles. The van der Waals surface area contributed by atoms with Crippen LogP contribution in [0.1, 0.15) is 37.1 Å². The van der Waals surface area contributed by atoms with E-state index < -0.39 is 9.84 Å². The van der Waals surface area contributed by atoms with Gasteiger partial charge >= 0.3 is 0 Å². The number of anilines is 1. The summed E-state index contributed by atoms with van der Waals surface area (Å²) in [5, 5.41) is 3.02. The Morgan fingerprint density at radius 3 is 2.48 bits per heavy atom. The minimum Gasteiger partial charge on any atom is -0.325 e. The monoisotopic (exact) mass is 405 g/mol. The lowest BCUT2D eigenvalue weighted by Crippen LogP contribution is -2.19. The van der Waals surface area contributed by atoms with Crippen molar-refractivity contribution in [1.29, 1.82) is 0 Å². The average Bonchev–Trinajstić information content (AvgIpc) is 3.15. The van der Waals surface area contributed by atoms with E-state index >= 15 is 0 Å². The van der Waals surface area contributed by atoms with Gasteiger partial charge in [0.2, 0.25) is 5.91 Å². The van der Waals surface area contributed by atoms with Crippen molar-refractivity contribution >= 4 is 33.2 Å². The Morgan fingerprint density at radius 1 is 1.15 bits per heavy atom. The predicted octanol–water partition coefficient (Wildman–Crippen LogP) is 3.54. The Kier molecular flexibility index (Phi) is 6.16. The van der Waals surface area contributed by atoms with Crippen molar-refractivity contribution in [2.24, 2.45) is 0 Å². The number of rotatable bonds is 6. The molecule has 3 rings (SSSR count). The van der Waals surface area contributed by atoms with Gasteiger partial charge in [-0.25, -0.2) is 18.4 Å². The Balaban J connectivity index is 1.64. The van der Waals surface area contributed by atoms with Gasteiger partial charge in [-0.3, -0.25) is 4.79 Å². The van der Waals surface area contributed by atoms with Gasteiger partial charge in [-0.15, -0.1) is 0 Å². The van der Waals surface area contributed by atoms with Crippen LogP contribution in [-0.2, 0) is 14.6 Å². The second-order valence-electron chi connectivity index (χ2n) is 6.75. The van der Waals surface area contributed by atoms with Crippen molar-refractivity contribution in [3.63, 3.8) is 0 Å². The Hall–Kier alpha value is -1.93. The predicted molar refractivity (Wildman–Crippen MR) is 107 cm³/mol. The van der Waals surface area contributed by atoms with E-state index in [1.165, 1.54) is 11.8 Å². The molecular formula is C19H23N3O3S2. The molecule has 1 aromatic heterocycles. The average molecular weight is 406 g/mol. The molecule has 2 aromatic rings. The zero-order chi connectivity index (χ0) is 19.4. The van der Waals surface area contributed by atoms with E-state index in [0.717, 1.165) is 24.2 Å². The number of hydrogen-bond donors (Lipinski definition) is 1. The number of aryl methyl sites for hydroxylation is 2.